The summed E-state index contributed by atoms with van der Waals surface area (Å²) in [5, 5.41) is 0. The van der Waals surface area contributed by atoms with E-state index in [1.54, 1.807) is 0 Å². The number of hydrogen-bond donors (Lipinski definition) is 0. The van der Waals surface area contributed by atoms with Crippen molar-refractivity contribution in [2.45, 2.75) is 15.7 Å². The van der Waals surface area contributed by atoms with Gasteiger partial charge in [0.15, 0.2) is 0 Å². The zero-order valence-corrected chi connectivity index (χ0v) is 16.1. The summed E-state index contributed by atoms with van der Waals surface area (Å²) in [4.78, 5) is 0. The maximum absolute atomic E-state index is 6.17. The fourth-order valence-electron chi connectivity index (χ4n) is 2.93. The SMILES string of the molecule is Cc1ccc(C2(Br)C3=C(C=CC[Te]3)Oc3ccccc32)cc1. The molecule has 1 nitrogen and oxygen atoms in total. The van der Waals surface area contributed by atoms with Gasteiger partial charge in [0.2, 0.25) is 0 Å². The van der Waals surface area contributed by atoms with Crippen molar-refractivity contribution >= 4 is 36.9 Å². The Morgan fingerprint density at radius 3 is 2.68 bits per heavy atom. The van der Waals surface area contributed by atoms with E-state index < -0.39 is 0 Å². The summed E-state index contributed by atoms with van der Waals surface area (Å²) < 4.78 is 8.57. The van der Waals surface area contributed by atoms with Gasteiger partial charge >= 0.3 is 150 Å². The minimum absolute atomic E-state index is 0.238. The second kappa shape index (κ2) is 5.57. The van der Waals surface area contributed by atoms with E-state index in [-0.39, 0.29) is 25.2 Å². The molecule has 4 rings (SSSR count). The monoisotopic (exact) mass is 468 g/mol. The minimum atomic E-state index is -0.273. The van der Waals surface area contributed by atoms with Crippen molar-refractivity contribution in [1.29, 1.82) is 0 Å². The molecule has 1 atom stereocenters. The van der Waals surface area contributed by atoms with Crippen LogP contribution in [-0.2, 0) is 4.32 Å². The van der Waals surface area contributed by atoms with Gasteiger partial charge in [-0.05, 0) is 0 Å². The van der Waals surface area contributed by atoms with Crippen molar-refractivity contribution in [3.63, 3.8) is 0 Å². The number of fused-ring (bicyclic) bond motifs is 1. The molecule has 0 amide bonds. The Hall–Kier alpha value is -1.01. The Morgan fingerprint density at radius 1 is 1.09 bits per heavy atom. The van der Waals surface area contributed by atoms with E-state index in [1.807, 2.05) is 6.07 Å². The van der Waals surface area contributed by atoms with Crippen LogP contribution >= 0.6 is 15.9 Å². The zero-order chi connectivity index (χ0) is 15.2. The van der Waals surface area contributed by atoms with Gasteiger partial charge < -0.3 is 0 Å². The van der Waals surface area contributed by atoms with Crippen molar-refractivity contribution in [3.8, 4) is 5.75 Å². The van der Waals surface area contributed by atoms with Crippen LogP contribution in [0.3, 0.4) is 0 Å². The van der Waals surface area contributed by atoms with E-state index in [2.05, 4.69) is 77.5 Å². The van der Waals surface area contributed by atoms with Crippen LogP contribution in [0.5, 0.6) is 5.75 Å². The summed E-state index contributed by atoms with van der Waals surface area (Å²) in [5.74, 6) is 2.00. The predicted molar refractivity (Wildman–Crippen MR) is 94.7 cm³/mol. The van der Waals surface area contributed by atoms with Crippen LogP contribution in [0, 0.1) is 6.92 Å². The standard InChI is InChI=1S/C19H15BrOTe/c1-13-8-10-14(11-9-13)19(20)15-5-2-3-6-16(15)21-17-7-4-12-22-18(17)19/h2-11H,12H2,1H3. The maximum atomic E-state index is 6.17. The quantitative estimate of drug-likeness (QED) is 0.428. The van der Waals surface area contributed by atoms with Gasteiger partial charge in [-0.3, -0.25) is 0 Å². The van der Waals surface area contributed by atoms with E-state index >= 15 is 0 Å². The first-order valence-electron chi connectivity index (χ1n) is 7.27. The molecule has 0 saturated carbocycles. The normalized spacial score (nSPS) is 22.8. The molecule has 0 bridgehead atoms. The summed E-state index contributed by atoms with van der Waals surface area (Å²) in [6.07, 6.45) is 4.39. The first-order chi connectivity index (χ1) is 10.7. The van der Waals surface area contributed by atoms with Crippen molar-refractivity contribution < 1.29 is 4.74 Å². The molecule has 2 aliphatic heterocycles. The molecule has 2 aromatic carbocycles. The molecule has 1 unspecified atom stereocenters. The summed E-state index contributed by atoms with van der Waals surface area (Å²) in [6, 6.07) is 17.2. The van der Waals surface area contributed by atoms with Crippen molar-refractivity contribution in [2.24, 2.45) is 0 Å². The van der Waals surface area contributed by atoms with E-state index in [4.69, 9.17) is 4.74 Å². The molecule has 0 radical (unpaired) electrons. The van der Waals surface area contributed by atoms with Crippen LogP contribution in [-0.4, -0.2) is 20.9 Å². The zero-order valence-electron chi connectivity index (χ0n) is 12.2. The second-order valence-electron chi connectivity index (χ2n) is 5.53. The molecular weight excluding hydrogens is 452 g/mol. The summed E-state index contributed by atoms with van der Waals surface area (Å²) in [5.41, 5.74) is 3.80. The first-order valence-corrected chi connectivity index (χ1v) is 10.9. The second-order valence-corrected chi connectivity index (χ2v) is 9.66. The van der Waals surface area contributed by atoms with E-state index in [0.717, 1.165) is 11.5 Å². The summed E-state index contributed by atoms with van der Waals surface area (Å²) in [7, 11) is 0. The molecule has 110 valence electrons. The van der Waals surface area contributed by atoms with Crippen LogP contribution in [0.4, 0.5) is 0 Å². The average Bonchev–Trinajstić information content (AvgIpc) is 2.56. The van der Waals surface area contributed by atoms with Crippen molar-refractivity contribution in [3.05, 3.63) is 86.8 Å². The van der Waals surface area contributed by atoms with Gasteiger partial charge in [0.1, 0.15) is 0 Å². The van der Waals surface area contributed by atoms with Gasteiger partial charge in [-0.25, -0.2) is 0 Å². The summed E-state index contributed by atoms with van der Waals surface area (Å²) in [6.45, 7) is 2.13. The average molecular weight is 467 g/mol. The van der Waals surface area contributed by atoms with E-state index in [1.165, 1.54) is 24.8 Å². The molecule has 0 fully saturated rings. The van der Waals surface area contributed by atoms with Gasteiger partial charge in [0.25, 0.3) is 0 Å². The van der Waals surface area contributed by atoms with Gasteiger partial charge in [0.05, 0.1) is 0 Å². The number of hydrogen-bond acceptors (Lipinski definition) is 1. The number of halogens is 1. The molecule has 22 heavy (non-hydrogen) atoms. The Bertz CT molecular complexity index is 791. The molecule has 0 aromatic heterocycles. The number of rotatable bonds is 1. The number of allylic oxidation sites excluding steroid dienone is 3. The number of ether oxygens (including phenoxy) is 1. The Labute approximate surface area is 149 Å². The van der Waals surface area contributed by atoms with Crippen molar-refractivity contribution in [2.75, 3.05) is 0 Å². The molecule has 0 N–H and O–H groups in total. The van der Waals surface area contributed by atoms with Gasteiger partial charge in [0, 0.05) is 0 Å². The molecule has 2 heterocycles. The molecule has 2 aromatic rings. The van der Waals surface area contributed by atoms with Crippen LogP contribution in [0.15, 0.2) is 70.1 Å². The Balaban J connectivity index is 1.99. The third kappa shape index (κ3) is 2.19. The third-order valence-electron chi connectivity index (χ3n) is 4.06. The Kier molecular flexibility index (Phi) is 3.69. The number of aryl methyl sites for hydroxylation is 1. The van der Waals surface area contributed by atoms with Crippen molar-refractivity contribution in [1.82, 2.24) is 0 Å². The predicted octanol–water partition coefficient (Wildman–Crippen LogP) is 4.93. The Morgan fingerprint density at radius 2 is 1.86 bits per heavy atom. The third-order valence-corrected chi connectivity index (χ3v) is 9.45. The van der Waals surface area contributed by atoms with Crippen LogP contribution in [0.1, 0.15) is 16.7 Å². The molecule has 2 aliphatic rings. The van der Waals surface area contributed by atoms with Crippen LogP contribution < -0.4 is 4.74 Å². The molecule has 0 aliphatic carbocycles. The number of benzene rings is 2. The van der Waals surface area contributed by atoms with E-state index in [9.17, 15) is 0 Å². The number of para-hydroxylation sites is 1. The van der Waals surface area contributed by atoms with Gasteiger partial charge in [-0.15, -0.1) is 0 Å². The van der Waals surface area contributed by atoms with Crippen LogP contribution in [0.25, 0.3) is 0 Å². The van der Waals surface area contributed by atoms with Gasteiger partial charge in [-0.2, -0.15) is 0 Å². The topological polar surface area (TPSA) is 9.23 Å². The van der Waals surface area contributed by atoms with Gasteiger partial charge in [-0.1, -0.05) is 0 Å². The van der Waals surface area contributed by atoms with Crippen LogP contribution in [0.2, 0.25) is 4.47 Å². The molecular formula is C19H15BrOTe. The van der Waals surface area contributed by atoms with E-state index in [0.29, 0.717) is 0 Å². The molecule has 3 heteroatoms. The fourth-order valence-corrected chi connectivity index (χ4v) is 7.45. The molecule has 0 spiro atoms. The molecule has 0 saturated heterocycles. The fraction of sp³-hybridized carbons (Fsp3) is 0.158. The number of alkyl halides is 1. The summed E-state index contributed by atoms with van der Waals surface area (Å²) >= 11 is 3.86. The first kappa shape index (κ1) is 14.6.